The highest BCUT2D eigenvalue weighted by molar-refractivity contribution is 6.05. The Kier molecular flexibility index (Phi) is 6.49. The van der Waals surface area contributed by atoms with Crippen molar-refractivity contribution in [3.05, 3.63) is 83.4 Å². The molecule has 33 heavy (non-hydrogen) atoms. The summed E-state index contributed by atoms with van der Waals surface area (Å²) in [6.45, 7) is 4.78. The van der Waals surface area contributed by atoms with Gasteiger partial charge in [-0.2, -0.15) is 0 Å². The molecule has 3 aromatic carbocycles. The summed E-state index contributed by atoms with van der Waals surface area (Å²) in [4.78, 5) is 28.9. The minimum absolute atomic E-state index is 0.169. The number of hydrogen-bond acceptors (Lipinski definition) is 5. The van der Waals surface area contributed by atoms with Gasteiger partial charge in [-0.05, 0) is 49.4 Å². The number of aromatic carboxylic acids is 1. The number of para-hydroxylation sites is 2. The van der Waals surface area contributed by atoms with Gasteiger partial charge in [0.1, 0.15) is 5.75 Å². The van der Waals surface area contributed by atoms with Gasteiger partial charge in [0.05, 0.1) is 24.0 Å². The van der Waals surface area contributed by atoms with E-state index in [9.17, 15) is 14.7 Å². The average Bonchev–Trinajstić information content (AvgIpc) is 2.84. The van der Waals surface area contributed by atoms with Crippen LogP contribution in [0.5, 0.6) is 5.75 Å². The molecule has 4 rings (SSSR count). The van der Waals surface area contributed by atoms with E-state index in [0.29, 0.717) is 30.0 Å². The molecule has 2 N–H and O–H groups in total. The third-order valence-corrected chi connectivity index (χ3v) is 5.84. The smallest absolute Gasteiger partial charge is 0.337 e. The molecular formula is C26H27N3O4. The number of nitrogens with one attached hydrogen (secondary N) is 1. The van der Waals surface area contributed by atoms with Gasteiger partial charge >= 0.3 is 5.97 Å². The minimum atomic E-state index is -1.02. The number of rotatable bonds is 6. The molecule has 1 amide bonds. The van der Waals surface area contributed by atoms with Crippen molar-refractivity contribution in [2.24, 2.45) is 0 Å². The quantitative estimate of drug-likeness (QED) is 0.589. The predicted molar refractivity (Wildman–Crippen MR) is 130 cm³/mol. The van der Waals surface area contributed by atoms with E-state index in [2.05, 4.69) is 15.1 Å². The van der Waals surface area contributed by atoms with E-state index in [1.165, 1.54) is 6.07 Å². The van der Waals surface area contributed by atoms with Crippen molar-refractivity contribution in [3.8, 4) is 5.75 Å². The number of carbonyl (C=O) groups is 2. The van der Waals surface area contributed by atoms with E-state index in [4.69, 9.17) is 4.74 Å². The molecule has 0 unspecified atom stereocenters. The molecule has 1 aliphatic heterocycles. The zero-order chi connectivity index (χ0) is 23.4. The predicted octanol–water partition coefficient (Wildman–Crippen LogP) is 4.28. The molecule has 0 aliphatic carbocycles. The summed E-state index contributed by atoms with van der Waals surface area (Å²) in [6.07, 6.45) is 0. The second-order valence-electron chi connectivity index (χ2n) is 8.00. The van der Waals surface area contributed by atoms with E-state index >= 15 is 0 Å². The van der Waals surface area contributed by atoms with Crippen molar-refractivity contribution < 1.29 is 19.4 Å². The summed E-state index contributed by atoms with van der Waals surface area (Å²) in [5.74, 6) is -0.473. The number of hydrogen-bond donors (Lipinski definition) is 2. The summed E-state index contributed by atoms with van der Waals surface area (Å²) in [5, 5.41) is 12.6. The Bertz CT molecular complexity index is 1150. The second kappa shape index (κ2) is 9.65. The fourth-order valence-corrected chi connectivity index (χ4v) is 4.05. The van der Waals surface area contributed by atoms with E-state index < -0.39 is 5.97 Å². The number of carboxylic acids is 1. The van der Waals surface area contributed by atoms with Crippen molar-refractivity contribution >= 4 is 28.9 Å². The highest BCUT2D eigenvalue weighted by Gasteiger charge is 2.23. The van der Waals surface area contributed by atoms with Crippen LogP contribution in [0.3, 0.4) is 0 Å². The molecule has 0 aromatic heterocycles. The van der Waals surface area contributed by atoms with E-state index in [1.807, 2.05) is 43.3 Å². The zero-order valence-corrected chi connectivity index (χ0v) is 18.7. The molecule has 0 bridgehead atoms. The topological polar surface area (TPSA) is 82.1 Å². The molecule has 7 heteroatoms. The summed E-state index contributed by atoms with van der Waals surface area (Å²) in [5.41, 5.74) is 3.89. The molecule has 0 radical (unpaired) electrons. The number of benzene rings is 3. The zero-order valence-electron chi connectivity index (χ0n) is 18.7. The lowest BCUT2D eigenvalue weighted by atomic mass is 10.1. The van der Waals surface area contributed by atoms with Crippen molar-refractivity contribution in [1.29, 1.82) is 0 Å². The monoisotopic (exact) mass is 445 g/mol. The van der Waals surface area contributed by atoms with Gasteiger partial charge in [0.15, 0.2) is 0 Å². The van der Waals surface area contributed by atoms with Crippen LogP contribution in [-0.4, -0.2) is 50.3 Å². The summed E-state index contributed by atoms with van der Waals surface area (Å²) >= 11 is 0. The molecule has 1 saturated heterocycles. The number of anilines is 3. The van der Waals surface area contributed by atoms with Crippen LogP contribution in [0.25, 0.3) is 0 Å². The van der Waals surface area contributed by atoms with Gasteiger partial charge in [0.2, 0.25) is 0 Å². The third kappa shape index (κ3) is 4.92. The van der Waals surface area contributed by atoms with Crippen molar-refractivity contribution in [3.63, 3.8) is 0 Å². The average molecular weight is 446 g/mol. The standard InChI is InChI=1S/C26H27N3O4/c1-18-7-9-19(10-8-18)25(30)27-20-11-12-22(21(17-20)26(31)32)28-13-15-29(16-14-28)23-5-3-4-6-24(23)33-2/h3-12,17H,13-16H2,1-2H3,(H,27,30)(H,31,32). The van der Waals surface area contributed by atoms with Gasteiger partial charge in [-0.3, -0.25) is 4.79 Å². The van der Waals surface area contributed by atoms with Crippen molar-refractivity contribution in [1.82, 2.24) is 0 Å². The Hall–Kier alpha value is -4.00. The largest absolute Gasteiger partial charge is 0.495 e. The summed E-state index contributed by atoms with van der Waals surface area (Å²) in [7, 11) is 1.66. The van der Waals surface area contributed by atoms with Crippen LogP contribution in [0.15, 0.2) is 66.7 Å². The minimum Gasteiger partial charge on any atom is -0.495 e. The van der Waals surface area contributed by atoms with Crippen LogP contribution in [0.4, 0.5) is 17.1 Å². The fourth-order valence-electron chi connectivity index (χ4n) is 4.05. The van der Waals surface area contributed by atoms with E-state index in [1.54, 1.807) is 31.4 Å². The fraction of sp³-hybridized carbons (Fsp3) is 0.231. The van der Waals surface area contributed by atoms with Crippen LogP contribution in [-0.2, 0) is 0 Å². The van der Waals surface area contributed by atoms with Gasteiger partial charge in [0, 0.05) is 37.4 Å². The normalized spacial score (nSPS) is 13.5. The summed E-state index contributed by atoms with van der Waals surface area (Å²) < 4.78 is 5.48. The Morgan fingerprint density at radius 1 is 0.879 bits per heavy atom. The lowest BCUT2D eigenvalue weighted by molar-refractivity contribution is 0.0697. The first kappa shape index (κ1) is 22.2. The molecule has 1 heterocycles. The first-order valence-electron chi connectivity index (χ1n) is 10.8. The molecule has 1 aliphatic rings. The number of carbonyl (C=O) groups excluding carboxylic acids is 1. The molecular weight excluding hydrogens is 418 g/mol. The molecule has 7 nitrogen and oxygen atoms in total. The van der Waals surface area contributed by atoms with Gasteiger partial charge in [-0.15, -0.1) is 0 Å². The SMILES string of the molecule is COc1ccccc1N1CCN(c2ccc(NC(=O)c3ccc(C)cc3)cc2C(=O)O)CC1. The van der Waals surface area contributed by atoms with Crippen LogP contribution in [0.1, 0.15) is 26.3 Å². The number of piperazine rings is 1. The Labute approximate surface area is 193 Å². The van der Waals surface area contributed by atoms with Gasteiger partial charge in [-0.25, -0.2) is 4.79 Å². The van der Waals surface area contributed by atoms with Crippen LogP contribution in [0, 0.1) is 6.92 Å². The van der Waals surface area contributed by atoms with Crippen LogP contribution < -0.4 is 19.9 Å². The lowest BCUT2D eigenvalue weighted by Crippen LogP contribution is -2.47. The maximum Gasteiger partial charge on any atom is 0.337 e. The number of amides is 1. The molecule has 170 valence electrons. The highest BCUT2D eigenvalue weighted by atomic mass is 16.5. The molecule has 0 saturated carbocycles. The van der Waals surface area contributed by atoms with E-state index in [0.717, 1.165) is 30.1 Å². The number of carboxylic acid groups (broad SMARTS) is 1. The maximum atomic E-state index is 12.5. The van der Waals surface area contributed by atoms with Crippen molar-refractivity contribution in [2.45, 2.75) is 6.92 Å². The Morgan fingerprint density at radius 2 is 1.52 bits per heavy atom. The van der Waals surface area contributed by atoms with Crippen LogP contribution >= 0.6 is 0 Å². The number of aryl methyl sites for hydroxylation is 1. The number of nitrogens with zero attached hydrogens (tertiary/aromatic N) is 2. The van der Waals surface area contributed by atoms with Crippen LogP contribution in [0.2, 0.25) is 0 Å². The first-order valence-corrected chi connectivity index (χ1v) is 10.8. The molecule has 1 fully saturated rings. The number of methoxy groups -OCH3 is 1. The van der Waals surface area contributed by atoms with Crippen molar-refractivity contribution in [2.75, 3.05) is 48.4 Å². The highest BCUT2D eigenvalue weighted by Crippen LogP contribution is 2.31. The Morgan fingerprint density at radius 3 is 2.15 bits per heavy atom. The van der Waals surface area contributed by atoms with Gasteiger partial charge in [0.25, 0.3) is 5.91 Å². The van der Waals surface area contributed by atoms with Gasteiger partial charge < -0.3 is 25.0 Å². The van der Waals surface area contributed by atoms with Gasteiger partial charge in [-0.1, -0.05) is 29.8 Å². The second-order valence-corrected chi connectivity index (χ2v) is 8.00. The first-order chi connectivity index (χ1) is 16.0. The lowest BCUT2D eigenvalue weighted by Gasteiger charge is -2.38. The van der Waals surface area contributed by atoms with E-state index in [-0.39, 0.29) is 11.5 Å². The summed E-state index contributed by atoms with van der Waals surface area (Å²) in [6, 6.07) is 20.2. The molecule has 0 atom stereocenters. The maximum absolute atomic E-state index is 12.5. The Balaban J connectivity index is 1.49. The molecule has 3 aromatic rings. The third-order valence-electron chi connectivity index (χ3n) is 5.84. The number of ether oxygens (including phenoxy) is 1. The molecule has 0 spiro atoms.